The Labute approximate surface area is 184 Å². The maximum atomic E-state index is 12.5. The quantitative estimate of drug-likeness (QED) is 0.235. The van der Waals surface area contributed by atoms with Crippen molar-refractivity contribution in [3.63, 3.8) is 0 Å². The molecule has 0 heterocycles. The highest BCUT2D eigenvalue weighted by Gasteiger charge is 2.29. The predicted molar refractivity (Wildman–Crippen MR) is 125 cm³/mol. The normalized spacial score (nSPS) is 15.2. The number of hydrogen-bond acceptors (Lipinski definition) is 4. The first kappa shape index (κ1) is 22.8. The Morgan fingerprint density at radius 2 is 1.77 bits per heavy atom. The number of ether oxygens (including phenoxy) is 2. The highest BCUT2D eigenvalue weighted by atomic mass is 16.5. The van der Waals surface area contributed by atoms with Crippen molar-refractivity contribution in [2.45, 2.75) is 66.7 Å². The average Bonchev–Trinajstić information content (AvgIpc) is 2.69. The van der Waals surface area contributed by atoms with Gasteiger partial charge in [0.15, 0.2) is 0 Å². The fourth-order valence-electron chi connectivity index (χ4n) is 4.27. The summed E-state index contributed by atoms with van der Waals surface area (Å²) in [6, 6.07) is 5.93. The van der Waals surface area contributed by atoms with E-state index in [4.69, 9.17) is 9.47 Å². The Hall–Kier alpha value is -2.88. The van der Waals surface area contributed by atoms with Gasteiger partial charge in [0.05, 0.1) is 0 Å². The lowest BCUT2D eigenvalue weighted by atomic mass is 9.79. The second kappa shape index (κ2) is 9.51. The van der Waals surface area contributed by atoms with Gasteiger partial charge in [-0.1, -0.05) is 35.9 Å². The van der Waals surface area contributed by atoms with Gasteiger partial charge in [-0.15, -0.1) is 0 Å². The first-order valence-electron chi connectivity index (χ1n) is 10.9. The van der Waals surface area contributed by atoms with Crippen LogP contribution in [0, 0.1) is 12.8 Å². The second-order valence-electron chi connectivity index (χ2n) is 8.90. The Balaban J connectivity index is 2.16. The van der Waals surface area contributed by atoms with Gasteiger partial charge >= 0.3 is 11.9 Å². The average molecular weight is 421 g/mol. The van der Waals surface area contributed by atoms with Gasteiger partial charge < -0.3 is 9.47 Å². The number of allylic oxidation sites excluding steroid dienone is 2. The van der Waals surface area contributed by atoms with Gasteiger partial charge in [-0.2, -0.15) is 0 Å². The highest BCUT2D eigenvalue weighted by molar-refractivity contribution is 6.00. The van der Waals surface area contributed by atoms with E-state index in [1.807, 2.05) is 25.1 Å². The van der Waals surface area contributed by atoms with Crippen LogP contribution in [0.5, 0.6) is 11.5 Å². The van der Waals surface area contributed by atoms with Crippen LogP contribution in [-0.4, -0.2) is 11.9 Å². The van der Waals surface area contributed by atoms with Crippen LogP contribution in [0.15, 0.2) is 42.0 Å². The minimum absolute atomic E-state index is 0.345. The molecule has 0 radical (unpaired) electrons. The maximum Gasteiger partial charge on any atom is 0.338 e. The number of fused-ring (bicyclic) bond motifs is 2. The number of carbonyl (C=O) groups is 2. The first-order chi connectivity index (χ1) is 14.7. The molecule has 1 unspecified atom stereocenters. The molecule has 0 bridgehead atoms. The van der Waals surface area contributed by atoms with E-state index in [0.29, 0.717) is 23.0 Å². The van der Waals surface area contributed by atoms with E-state index < -0.39 is 5.97 Å². The molecule has 164 valence electrons. The SMILES string of the molecule is C=C(C)C(=O)Oc1c2c(c(OC(C)=O)c3cc(C)ccc13)CCC(CCC=C(C)C)C2. The molecule has 1 atom stereocenters. The van der Waals surface area contributed by atoms with E-state index in [-0.39, 0.29) is 5.97 Å². The molecule has 0 aliphatic heterocycles. The molecule has 1 aliphatic rings. The summed E-state index contributed by atoms with van der Waals surface area (Å²) in [5.74, 6) is 0.900. The van der Waals surface area contributed by atoms with Crippen LogP contribution in [-0.2, 0) is 22.4 Å². The number of esters is 2. The summed E-state index contributed by atoms with van der Waals surface area (Å²) in [6.07, 6.45) is 6.98. The molecule has 2 aromatic rings. The molecule has 0 amide bonds. The molecule has 0 saturated carbocycles. The molecule has 3 rings (SSSR count). The molecule has 0 fully saturated rings. The van der Waals surface area contributed by atoms with Crippen molar-refractivity contribution in [3.05, 3.63) is 58.7 Å². The van der Waals surface area contributed by atoms with E-state index in [1.54, 1.807) is 6.92 Å². The Kier molecular flexibility index (Phi) is 6.99. The number of aryl methyl sites for hydroxylation is 1. The Bertz CT molecular complexity index is 1070. The molecule has 31 heavy (non-hydrogen) atoms. The minimum atomic E-state index is -0.434. The van der Waals surface area contributed by atoms with Crippen molar-refractivity contribution in [1.29, 1.82) is 0 Å². The van der Waals surface area contributed by atoms with Crippen molar-refractivity contribution in [2.75, 3.05) is 0 Å². The van der Waals surface area contributed by atoms with Crippen molar-refractivity contribution in [1.82, 2.24) is 0 Å². The third kappa shape index (κ3) is 5.25. The van der Waals surface area contributed by atoms with Crippen molar-refractivity contribution < 1.29 is 19.1 Å². The van der Waals surface area contributed by atoms with Gasteiger partial charge in [0.1, 0.15) is 11.5 Å². The zero-order valence-corrected chi connectivity index (χ0v) is 19.3. The first-order valence-corrected chi connectivity index (χ1v) is 10.9. The Morgan fingerprint density at radius 3 is 2.42 bits per heavy atom. The second-order valence-corrected chi connectivity index (χ2v) is 8.90. The number of rotatable bonds is 6. The molecular formula is C27H32O4. The van der Waals surface area contributed by atoms with Crippen LogP contribution < -0.4 is 9.47 Å². The van der Waals surface area contributed by atoms with Crippen molar-refractivity contribution in [2.24, 2.45) is 5.92 Å². The summed E-state index contributed by atoms with van der Waals surface area (Å²) in [5.41, 5.74) is 4.69. The minimum Gasteiger partial charge on any atom is -0.426 e. The number of benzene rings is 2. The summed E-state index contributed by atoms with van der Waals surface area (Å²) in [4.78, 5) is 24.4. The van der Waals surface area contributed by atoms with E-state index in [2.05, 4.69) is 26.5 Å². The third-order valence-corrected chi connectivity index (χ3v) is 5.79. The van der Waals surface area contributed by atoms with Crippen LogP contribution in [0.3, 0.4) is 0 Å². The zero-order chi connectivity index (χ0) is 22.7. The largest absolute Gasteiger partial charge is 0.426 e. The monoisotopic (exact) mass is 420 g/mol. The fourth-order valence-corrected chi connectivity index (χ4v) is 4.27. The molecule has 0 saturated heterocycles. The van der Waals surface area contributed by atoms with E-state index in [0.717, 1.165) is 59.6 Å². The lowest BCUT2D eigenvalue weighted by molar-refractivity contribution is -0.132. The van der Waals surface area contributed by atoms with Gasteiger partial charge in [0, 0.05) is 34.4 Å². The van der Waals surface area contributed by atoms with Crippen LogP contribution in [0.4, 0.5) is 0 Å². The van der Waals surface area contributed by atoms with E-state index in [1.165, 1.54) is 12.5 Å². The molecule has 4 nitrogen and oxygen atoms in total. The standard InChI is InChI=1S/C27H32O4/c1-16(2)8-7-9-20-11-13-22-24(15-20)26(31-27(29)17(3)4)21-12-10-18(5)14-23(21)25(22)30-19(6)28/h8,10,12,14,20H,3,7,9,11,13,15H2,1-2,4-6H3. The van der Waals surface area contributed by atoms with E-state index >= 15 is 0 Å². The predicted octanol–water partition coefficient (Wildman–Crippen LogP) is 6.41. The molecular weight excluding hydrogens is 388 g/mol. The van der Waals surface area contributed by atoms with Gasteiger partial charge in [-0.3, -0.25) is 4.79 Å². The molecule has 1 aliphatic carbocycles. The van der Waals surface area contributed by atoms with Gasteiger partial charge in [0.25, 0.3) is 0 Å². The third-order valence-electron chi connectivity index (χ3n) is 5.79. The fraction of sp³-hybridized carbons (Fsp3) is 0.407. The smallest absolute Gasteiger partial charge is 0.338 e. The summed E-state index contributed by atoms with van der Waals surface area (Å²) in [6.45, 7) is 13.0. The number of carbonyl (C=O) groups excluding carboxylic acids is 2. The van der Waals surface area contributed by atoms with Crippen LogP contribution >= 0.6 is 0 Å². The molecule has 0 N–H and O–H groups in total. The highest BCUT2D eigenvalue weighted by Crippen LogP contribution is 2.46. The lowest BCUT2D eigenvalue weighted by Gasteiger charge is -2.29. The van der Waals surface area contributed by atoms with Gasteiger partial charge in [-0.25, -0.2) is 4.79 Å². The zero-order valence-electron chi connectivity index (χ0n) is 19.3. The molecule has 4 heteroatoms. The van der Waals surface area contributed by atoms with Gasteiger partial charge in [-0.05, 0) is 71.8 Å². The van der Waals surface area contributed by atoms with Crippen LogP contribution in [0.1, 0.15) is 63.6 Å². The van der Waals surface area contributed by atoms with Gasteiger partial charge in [0.2, 0.25) is 0 Å². The topological polar surface area (TPSA) is 52.6 Å². The molecule has 0 aromatic heterocycles. The van der Waals surface area contributed by atoms with E-state index in [9.17, 15) is 9.59 Å². The summed E-state index contributed by atoms with van der Waals surface area (Å²) in [5, 5.41) is 1.60. The van der Waals surface area contributed by atoms with Crippen LogP contribution in [0.2, 0.25) is 0 Å². The van der Waals surface area contributed by atoms with Crippen LogP contribution in [0.25, 0.3) is 10.8 Å². The lowest BCUT2D eigenvalue weighted by Crippen LogP contribution is -2.19. The van der Waals surface area contributed by atoms with Crippen molar-refractivity contribution in [3.8, 4) is 11.5 Å². The molecule has 0 spiro atoms. The number of hydrogen-bond donors (Lipinski definition) is 0. The summed E-state index contributed by atoms with van der Waals surface area (Å²) in [7, 11) is 0. The summed E-state index contributed by atoms with van der Waals surface area (Å²) >= 11 is 0. The van der Waals surface area contributed by atoms with Crippen molar-refractivity contribution >= 4 is 22.7 Å². The maximum absolute atomic E-state index is 12.5. The Morgan fingerprint density at radius 1 is 1.06 bits per heavy atom. The summed E-state index contributed by atoms with van der Waals surface area (Å²) < 4.78 is 11.6. The molecule has 2 aromatic carbocycles.